The van der Waals surface area contributed by atoms with Gasteiger partial charge in [-0.3, -0.25) is 9.59 Å². The Morgan fingerprint density at radius 3 is 2.22 bits per heavy atom. The van der Waals surface area contributed by atoms with Crippen LogP contribution in [0, 0.1) is 11.3 Å². The van der Waals surface area contributed by atoms with E-state index >= 15 is 0 Å². The topological polar surface area (TPSA) is 175 Å². The zero-order chi connectivity index (χ0) is 43.1. The summed E-state index contributed by atoms with van der Waals surface area (Å²) in [6.45, 7) is 15.2. The summed E-state index contributed by atoms with van der Waals surface area (Å²) >= 11 is 0. The normalized spacial score (nSPS) is 18.8. The lowest BCUT2D eigenvalue weighted by Crippen LogP contribution is -2.51. The molecule has 7 rings (SSSR count). The summed E-state index contributed by atoms with van der Waals surface area (Å²) in [5.41, 5.74) is 5.55. The minimum Gasteiger partial charge on any atom is -0.453 e. The molecule has 0 unspecified atom stereocenters. The van der Waals surface area contributed by atoms with Crippen molar-refractivity contribution in [2.24, 2.45) is 11.3 Å². The number of methoxy groups -OCH3 is 2. The highest BCUT2D eigenvalue weighted by Gasteiger charge is 2.46. The summed E-state index contributed by atoms with van der Waals surface area (Å²) < 4.78 is 9.66. The molecule has 5 aromatic rings. The first-order valence-electron chi connectivity index (χ1n) is 20.8. The number of hydrogen-bond acceptors (Lipinski definition) is 8. The van der Waals surface area contributed by atoms with E-state index in [9.17, 15) is 19.2 Å². The molecule has 2 aromatic heterocycles. The van der Waals surface area contributed by atoms with E-state index in [4.69, 9.17) is 19.4 Å². The molecule has 2 saturated heterocycles. The lowest BCUT2D eigenvalue weighted by atomic mass is 9.87. The van der Waals surface area contributed by atoms with Crippen LogP contribution in [0.15, 0.2) is 60.8 Å². The lowest BCUT2D eigenvalue weighted by molar-refractivity contribution is -0.136. The molecular weight excluding hydrogens is 777 g/mol. The molecule has 2 fully saturated rings. The molecule has 0 saturated carbocycles. The Labute approximate surface area is 352 Å². The summed E-state index contributed by atoms with van der Waals surface area (Å²) in [5.74, 6) is 1.13. The average molecular weight is 835 g/mol. The second-order valence-electron chi connectivity index (χ2n) is 18.6. The first-order chi connectivity index (χ1) is 28.4. The number of ether oxygens (including phenoxy) is 2. The number of alkyl carbamates (subject to hydrolysis) is 2. The van der Waals surface area contributed by atoms with Gasteiger partial charge < -0.3 is 39.9 Å². The van der Waals surface area contributed by atoms with E-state index in [1.54, 1.807) is 0 Å². The highest BCUT2D eigenvalue weighted by atomic mass is 28.3. The van der Waals surface area contributed by atoms with Gasteiger partial charge in [0.15, 0.2) is 0 Å². The lowest BCUT2D eigenvalue weighted by Gasteiger charge is -2.31. The molecule has 2 aliphatic heterocycles. The summed E-state index contributed by atoms with van der Waals surface area (Å²) in [6.07, 6.45) is 3.36. The van der Waals surface area contributed by atoms with Gasteiger partial charge in [-0.25, -0.2) is 19.6 Å². The molecule has 4 heterocycles. The molecule has 60 heavy (non-hydrogen) atoms. The van der Waals surface area contributed by atoms with E-state index in [0.29, 0.717) is 19.1 Å². The van der Waals surface area contributed by atoms with Crippen LogP contribution in [-0.4, -0.2) is 101 Å². The number of nitrogens with zero attached hydrogens (tertiary/aromatic N) is 4. The third-order valence-electron chi connectivity index (χ3n) is 11.8. The molecule has 14 nitrogen and oxygen atoms in total. The number of benzene rings is 3. The zero-order valence-corrected chi connectivity index (χ0v) is 37.1. The molecule has 0 radical (unpaired) electrons. The van der Waals surface area contributed by atoms with E-state index < -0.39 is 32.3 Å². The van der Waals surface area contributed by atoms with Crippen molar-refractivity contribution in [2.45, 2.75) is 97.2 Å². The second kappa shape index (κ2) is 16.7. The van der Waals surface area contributed by atoms with Gasteiger partial charge in [0.05, 0.1) is 57.3 Å². The molecule has 2 aliphatic rings. The van der Waals surface area contributed by atoms with E-state index in [2.05, 4.69) is 103 Å². The van der Waals surface area contributed by atoms with Gasteiger partial charge in [0.2, 0.25) is 11.8 Å². The van der Waals surface area contributed by atoms with E-state index in [1.807, 2.05) is 35.9 Å². The number of carbonyl (C=O) groups is 4. The fourth-order valence-corrected chi connectivity index (χ4v) is 11.7. The monoisotopic (exact) mass is 834 g/mol. The Hall–Kier alpha value is -5.70. The second-order valence-corrected chi connectivity index (χ2v) is 23.7. The molecule has 0 spiro atoms. The predicted molar refractivity (Wildman–Crippen MR) is 235 cm³/mol. The molecule has 15 heteroatoms. The van der Waals surface area contributed by atoms with E-state index in [1.165, 1.54) is 14.2 Å². The number of rotatable bonds is 10. The first-order valence-corrected chi connectivity index (χ1v) is 24.2. The van der Waals surface area contributed by atoms with E-state index in [-0.39, 0.29) is 35.2 Å². The van der Waals surface area contributed by atoms with Crippen molar-refractivity contribution in [3.63, 3.8) is 0 Å². The Balaban J connectivity index is 1.09. The van der Waals surface area contributed by atoms with Gasteiger partial charge in [0.25, 0.3) is 0 Å². The number of carbonyl (C=O) groups excluding carboxylic acids is 4. The average Bonchev–Trinajstić information content (AvgIpc) is 4.03. The van der Waals surface area contributed by atoms with Crippen LogP contribution < -0.4 is 10.6 Å². The van der Waals surface area contributed by atoms with Gasteiger partial charge in [-0.15, -0.1) is 0 Å². The number of aromatic nitrogens is 4. The highest BCUT2D eigenvalue weighted by molar-refractivity contribution is 6.78. The number of H-pyrrole nitrogens is 2. The van der Waals surface area contributed by atoms with Crippen LogP contribution in [0.25, 0.3) is 44.2 Å². The Kier molecular flexibility index (Phi) is 11.8. The molecule has 0 bridgehead atoms. The fraction of sp³-hybridized carbons (Fsp3) is 0.467. The van der Waals surface area contributed by atoms with Crippen molar-refractivity contribution in [1.82, 2.24) is 40.4 Å². The number of aromatic amines is 2. The SMILES string of the molecule is COC(=O)N[C@@H](CC(C)(C)C)C(=O)N1C[Si](C)(C)C[C@H]1c1nc2ccc3cc(-c4ccc(-c5cnc([C@@H]6CCCN6C(=O)[C@@H](NC(=O)OC)C(C)C)[nH]5)cc4)ccc3c2[nH]1. The molecular formula is C45H58N8O6Si. The third-order valence-corrected chi connectivity index (χ3v) is 14.5. The summed E-state index contributed by atoms with van der Waals surface area (Å²) in [4.78, 5) is 72.7. The molecule has 0 aliphatic carbocycles. The van der Waals surface area contributed by atoms with Crippen LogP contribution in [-0.2, 0) is 19.1 Å². The molecule has 318 valence electrons. The van der Waals surface area contributed by atoms with Gasteiger partial charge >= 0.3 is 12.2 Å². The number of fused-ring (bicyclic) bond motifs is 3. The molecule has 4 amide bonds. The van der Waals surface area contributed by atoms with Crippen molar-refractivity contribution in [3.05, 3.63) is 72.4 Å². The van der Waals surface area contributed by atoms with Gasteiger partial charge in [-0.2, -0.15) is 0 Å². The number of hydrogen-bond donors (Lipinski definition) is 4. The first kappa shape index (κ1) is 42.4. The van der Waals surface area contributed by atoms with Crippen LogP contribution in [0.4, 0.5) is 9.59 Å². The number of imidazole rings is 2. The zero-order valence-electron chi connectivity index (χ0n) is 36.1. The maximum atomic E-state index is 14.2. The Bertz CT molecular complexity index is 2400. The van der Waals surface area contributed by atoms with Crippen molar-refractivity contribution >= 4 is 53.9 Å². The van der Waals surface area contributed by atoms with Crippen molar-refractivity contribution in [3.8, 4) is 22.4 Å². The number of nitrogens with one attached hydrogen (secondary N) is 4. The van der Waals surface area contributed by atoms with Crippen LogP contribution in [0.2, 0.25) is 19.1 Å². The van der Waals surface area contributed by atoms with Crippen LogP contribution in [0.1, 0.15) is 77.6 Å². The summed E-state index contributed by atoms with van der Waals surface area (Å²) in [6, 6.07) is 17.9. The largest absolute Gasteiger partial charge is 0.453 e. The van der Waals surface area contributed by atoms with Gasteiger partial charge in [-0.1, -0.05) is 90.2 Å². The van der Waals surface area contributed by atoms with Gasteiger partial charge in [0, 0.05) is 18.1 Å². The maximum Gasteiger partial charge on any atom is 0.407 e. The van der Waals surface area contributed by atoms with Crippen LogP contribution >= 0.6 is 0 Å². The van der Waals surface area contributed by atoms with E-state index in [0.717, 1.165) is 74.7 Å². The molecule has 4 atom stereocenters. The number of amides is 4. The number of likely N-dealkylation sites (tertiary alicyclic amines) is 1. The van der Waals surface area contributed by atoms with Crippen molar-refractivity contribution in [1.29, 1.82) is 0 Å². The van der Waals surface area contributed by atoms with Crippen LogP contribution in [0.3, 0.4) is 0 Å². The van der Waals surface area contributed by atoms with Crippen molar-refractivity contribution in [2.75, 3.05) is 26.9 Å². The minimum absolute atomic E-state index is 0.106. The quantitative estimate of drug-likeness (QED) is 0.102. The third kappa shape index (κ3) is 8.91. The van der Waals surface area contributed by atoms with Crippen molar-refractivity contribution < 1.29 is 28.7 Å². The Morgan fingerprint density at radius 2 is 1.53 bits per heavy atom. The summed E-state index contributed by atoms with van der Waals surface area (Å²) in [5, 5.41) is 7.62. The predicted octanol–water partition coefficient (Wildman–Crippen LogP) is 8.11. The fourth-order valence-electron chi connectivity index (χ4n) is 8.81. The highest BCUT2D eigenvalue weighted by Crippen LogP contribution is 2.40. The molecule has 3 aromatic carbocycles. The van der Waals surface area contributed by atoms with Gasteiger partial charge in [-0.05, 0) is 70.8 Å². The maximum absolute atomic E-state index is 14.2. The smallest absolute Gasteiger partial charge is 0.407 e. The Morgan fingerprint density at radius 1 is 0.850 bits per heavy atom. The standard InChI is InChI=1S/C45H58N8O6Si/c1-26(2)37(51-44(57)59-7)42(55)52-20-10-11-35(52)39-46-23-34(48-39)28-14-12-27(13-15-28)29-16-18-31-30(21-29)17-19-32-38(31)50-40(47-32)36-24-60(8,9)25-53(36)41(54)33(22-45(3,4)5)49-43(56)58-6/h12-19,21,23,26,33,35-37H,10-11,20,22,24-25H2,1-9H3,(H,46,48)(H,47,50)(H,49,56)(H,51,57)/t33-,35-,36-,37-/m0/s1. The van der Waals surface area contributed by atoms with Gasteiger partial charge in [0.1, 0.15) is 23.7 Å². The summed E-state index contributed by atoms with van der Waals surface area (Å²) in [7, 11) is 0.809. The van der Waals surface area contributed by atoms with Crippen LogP contribution in [0.5, 0.6) is 0 Å². The molecule has 4 N–H and O–H groups in total. The minimum atomic E-state index is -1.80.